The van der Waals surface area contributed by atoms with E-state index in [0.29, 0.717) is 0 Å². The summed E-state index contributed by atoms with van der Waals surface area (Å²) in [5, 5.41) is 4.20. The van der Waals surface area contributed by atoms with Gasteiger partial charge in [-0.3, -0.25) is 4.98 Å². The molecule has 0 saturated heterocycles. The largest absolute Gasteiger partial charge is 0.373 e. The Morgan fingerprint density at radius 1 is 1.10 bits per heavy atom. The van der Waals surface area contributed by atoms with Gasteiger partial charge in [0.25, 0.3) is 0 Å². The molecule has 3 aromatic rings. The van der Waals surface area contributed by atoms with E-state index in [4.69, 9.17) is 4.98 Å². The number of para-hydroxylation sites is 1. The molecular formula is C17H18N4. The topological polar surface area (TPSA) is 50.7 Å². The Bertz CT molecular complexity index is 762. The van der Waals surface area contributed by atoms with Crippen LogP contribution in [-0.2, 0) is 6.42 Å². The highest BCUT2D eigenvalue weighted by atomic mass is 15.0. The van der Waals surface area contributed by atoms with Crippen LogP contribution >= 0.6 is 0 Å². The van der Waals surface area contributed by atoms with E-state index in [1.54, 1.807) is 0 Å². The highest BCUT2D eigenvalue weighted by Crippen LogP contribution is 2.26. The number of benzene rings is 1. The van der Waals surface area contributed by atoms with Crippen molar-refractivity contribution in [3.8, 4) is 11.4 Å². The van der Waals surface area contributed by atoms with Crippen LogP contribution in [0, 0.1) is 0 Å². The molecule has 0 aliphatic heterocycles. The molecule has 0 radical (unpaired) electrons. The van der Waals surface area contributed by atoms with E-state index in [1.165, 1.54) is 0 Å². The molecule has 0 bridgehead atoms. The van der Waals surface area contributed by atoms with E-state index in [-0.39, 0.29) is 0 Å². The van der Waals surface area contributed by atoms with Crippen LogP contribution in [0.15, 0.2) is 42.6 Å². The number of fused-ring (bicyclic) bond motifs is 1. The first-order valence-corrected chi connectivity index (χ1v) is 7.21. The minimum Gasteiger partial charge on any atom is -0.373 e. The Balaban J connectivity index is 2.20. The summed E-state index contributed by atoms with van der Waals surface area (Å²) in [6.07, 6.45) is 3.83. The molecule has 1 aromatic carbocycles. The van der Waals surface area contributed by atoms with Gasteiger partial charge in [-0.15, -0.1) is 0 Å². The molecule has 2 aromatic heterocycles. The van der Waals surface area contributed by atoms with Crippen molar-refractivity contribution in [2.24, 2.45) is 0 Å². The molecule has 0 aliphatic carbocycles. The van der Waals surface area contributed by atoms with Gasteiger partial charge >= 0.3 is 0 Å². The highest BCUT2D eigenvalue weighted by molar-refractivity contribution is 5.92. The molecule has 0 aliphatic rings. The first-order chi connectivity index (χ1) is 10.3. The molecule has 106 valence electrons. The highest BCUT2D eigenvalue weighted by Gasteiger charge is 2.09. The fourth-order valence-electron chi connectivity index (χ4n) is 2.42. The van der Waals surface area contributed by atoms with Crippen molar-refractivity contribution in [1.29, 1.82) is 0 Å². The third-order valence-electron chi connectivity index (χ3n) is 3.43. The van der Waals surface area contributed by atoms with E-state index >= 15 is 0 Å². The molecule has 2 heterocycles. The summed E-state index contributed by atoms with van der Waals surface area (Å²) < 4.78 is 0. The van der Waals surface area contributed by atoms with Crippen LogP contribution in [0.3, 0.4) is 0 Å². The van der Waals surface area contributed by atoms with Gasteiger partial charge in [0.05, 0.1) is 5.52 Å². The second-order valence-corrected chi connectivity index (χ2v) is 4.94. The van der Waals surface area contributed by atoms with Gasteiger partial charge < -0.3 is 5.32 Å². The summed E-state index contributed by atoms with van der Waals surface area (Å²) in [6.45, 7) is 2.16. The molecule has 4 nitrogen and oxygen atoms in total. The van der Waals surface area contributed by atoms with Crippen LogP contribution in [0.5, 0.6) is 0 Å². The lowest BCUT2D eigenvalue weighted by Crippen LogP contribution is -2.01. The molecule has 0 atom stereocenters. The Morgan fingerprint density at radius 3 is 2.76 bits per heavy atom. The average molecular weight is 278 g/mol. The second-order valence-electron chi connectivity index (χ2n) is 4.94. The zero-order valence-corrected chi connectivity index (χ0v) is 12.3. The standard InChI is InChI=1S/C17H18N4/c1-3-6-12-11-16(18-2)21-17(20-12)14-9-10-19-15-8-5-4-7-13(14)15/h4-5,7-11H,3,6H2,1-2H3,(H,18,20,21). The number of hydrogen-bond acceptors (Lipinski definition) is 4. The summed E-state index contributed by atoms with van der Waals surface area (Å²) in [4.78, 5) is 13.7. The SMILES string of the molecule is CCCc1cc(NC)nc(-c2ccnc3ccccc23)n1. The fourth-order valence-corrected chi connectivity index (χ4v) is 2.42. The number of pyridine rings is 1. The second kappa shape index (κ2) is 5.87. The van der Waals surface area contributed by atoms with Gasteiger partial charge in [-0.25, -0.2) is 9.97 Å². The van der Waals surface area contributed by atoms with Crippen molar-refractivity contribution in [1.82, 2.24) is 15.0 Å². The van der Waals surface area contributed by atoms with Crippen LogP contribution in [0.2, 0.25) is 0 Å². The molecule has 0 amide bonds. The Hall–Kier alpha value is -2.49. The van der Waals surface area contributed by atoms with Gasteiger partial charge in [0, 0.05) is 36.0 Å². The summed E-state index contributed by atoms with van der Waals surface area (Å²) in [5.74, 6) is 1.60. The van der Waals surface area contributed by atoms with Crippen molar-refractivity contribution in [2.45, 2.75) is 19.8 Å². The molecule has 0 spiro atoms. The zero-order chi connectivity index (χ0) is 14.7. The van der Waals surface area contributed by atoms with E-state index in [2.05, 4.69) is 28.3 Å². The van der Waals surface area contributed by atoms with Crippen LogP contribution < -0.4 is 5.32 Å². The predicted octanol–water partition coefficient (Wildman–Crippen LogP) is 3.69. The third kappa shape index (κ3) is 2.70. The number of nitrogens with one attached hydrogen (secondary N) is 1. The van der Waals surface area contributed by atoms with E-state index < -0.39 is 0 Å². The number of aromatic nitrogens is 3. The Morgan fingerprint density at radius 2 is 1.95 bits per heavy atom. The van der Waals surface area contributed by atoms with Crippen LogP contribution in [0.1, 0.15) is 19.0 Å². The number of hydrogen-bond donors (Lipinski definition) is 1. The molecule has 0 fully saturated rings. The minimum atomic E-state index is 0.754. The monoisotopic (exact) mass is 278 g/mol. The molecule has 0 unspecified atom stereocenters. The number of anilines is 1. The molecule has 3 rings (SSSR count). The van der Waals surface area contributed by atoms with Crippen molar-refractivity contribution in [2.75, 3.05) is 12.4 Å². The van der Waals surface area contributed by atoms with Crippen molar-refractivity contribution < 1.29 is 0 Å². The molecule has 21 heavy (non-hydrogen) atoms. The third-order valence-corrected chi connectivity index (χ3v) is 3.43. The van der Waals surface area contributed by atoms with Crippen LogP contribution in [0.25, 0.3) is 22.3 Å². The maximum Gasteiger partial charge on any atom is 0.162 e. The first-order valence-electron chi connectivity index (χ1n) is 7.21. The van der Waals surface area contributed by atoms with Crippen LogP contribution in [0.4, 0.5) is 5.82 Å². The first kappa shape index (κ1) is 13.5. The van der Waals surface area contributed by atoms with Crippen molar-refractivity contribution >= 4 is 16.7 Å². The normalized spacial score (nSPS) is 10.8. The molecule has 4 heteroatoms. The zero-order valence-electron chi connectivity index (χ0n) is 12.3. The Labute approximate surface area is 124 Å². The number of aryl methyl sites for hydroxylation is 1. The lowest BCUT2D eigenvalue weighted by molar-refractivity contribution is 0.876. The molecular weight excluding hydrogens is 260 g/mol. The van der Waals surface area contributed by atoms with Gasteiger partial charge in [0.15, 0.2) is 5.82 Å². The maximum atomic E-state index is 4.71. The summed E-state index contributed by atoms with van der Waals surface area (Å²) in [7, 11) is 1.88. The smallest absolute Gasteiger partial charge is 0.162 e. The summed E-state index contributed by atoms with van der Waals surface area (Å²) in [5.41, 5.74) is 3.05. The van der Waals surface area contributed by atoms with Gasteiger partial charge in [-0.2, -0.15) is 0 Å². The van der Waals surface area contributed by atoms with Gasteiger partial charge in [-0.1, -0.05) is 31.5 Å². The Kier molecular flexibility index (Phi) is 3.77. The summed E-state index contributed by atoms with van der Waals surface area (Å²) >= 11 is 0. The van der Waals surface area contributed by atoms with Gasteiger partial charge in [0.2, 0.25) is 0 Å². The van der Waals surface area contributed by atoms with E-state index in [1.807, 2.05) is 43.6 Å². The molecule has 1 N–H and O–H groups in total. The lowest BCUT2D eigenvalue weighted by Gasteiger charge is -2.09. The van der Waals surface area contributed by atoms with Gasteiger partial charge in [0.1, 0.15) is 5.82 Å². The van der Waals surface area contributed by atoms with Crippen molar-refractivity contribution in [3.63, 3.8) is 0 Å². The van der Waals surface area contributed by atoms with Gasteiger partial charge in [-0.05, 0) is 18.6 Å². The van der Waals surface area contributed by atoms with E-state index in [0.717, 1.165) is 46.6 Å². The number of nitrogens with zero attached hydrogens (tertiary/aromatic N) is 3. The maximum absolute atomic E-state index is 4.71. The lowest BCUT2D eigenvalue weighted by atomic mass is 10.1. The molecule has 0 saturated carbocycles. The average Bonchev–Trinajstić information content (AvgIpc) is 2.54. The van der Waals surface area contributed by atoms with Crippen LogP contribution in [-0.4, -0.2) is 22.0 Å². The fraction of sp³-hybridized carbons (Fsp3) is 0.235. The van der Waals surface area contributed by atoms with Crippen molar-refractivity contribution in [3.05, 3.63) is 48.3 Å². The number of rotatable bonds is 4. The minimum absolute atomic E-state index is 0.754. The predicted molar refractivity (Wildman–Crippen MR) is 86.3 cm³/mol. The summed E-state index contributed by atoms with van der Waals surface area (Å²) in [6, 6.07) is 12.1. The van der Waals surface area contributed by atoms with E-state index in [9.17, 15) is 0 Å². The quantitative estimate of drug-likeness (QED) is 0.791.